The van der Waals surface area contributed by atoms with Gasteiger partial charge in [0, 0.05) is 29.9 Å². The monoisotopic (exact) mass is 331 g/mol. The van der Waals surface area contributed by atoms with E-state index < -0.39 is 4.92 Å². The van der Waals surface area contributed by atoms with Crippen LogP contribution >= 0.6 is 0 Å². The molecule has 25 heavy (non-hydrogen) atoms. The maximum absolute atomic E-state index is 10.9. The van der Waals surface area contributed by atoms with Gasteiger partial charge in [-0.2, -0.15) is 0 Å². The van der Waals surface area contributed by atoms with Crippen LogP contribution in [0.25, 0.3) is 22.3 Å². The lowest BCUT2D eigenvalue weighted by Crippen LogP contribution is -2.22. The number of rotatable bonds is 3. The molecule has 0 radical (unpaired) electrons. The molecule has 2 aromatic carbocycles. The highest BCUT2D eigenvalue weighted by molar-refractivity contribution is 5.83. The fraction of sp³-hybridized carbons (Fsp3) is 0.150. The third-order valence-electron chi connectivity index (χ3n) is 4.70. The van der Waals surface area contributed by atoms with Crippen molar-refractivity contribution in [3.8, 4) is 22.3 Å². The number of nitro groups is 1. The zero-order chi connectivity index (χ0) is 17.4. The van der Waals surface area contributed by atoms with Gasteiger partial charge in [0.2, 0.25) is 0 Å². The van der Waals surface area contributed by atoms with Crippen LogP contribution in [0.1, 0.15) is 12.1 Å². The number of aryl methyl sites for hydroxylation is 1. The normalized spacial score (nSPS) is 12.8. The zero-order valence-corrected chi connectivity index (χ0v) is 13.6. The molecule has 1 N–H and O–H groups in total. The van der Waals surface area contributed by atoms with Crippen LogP contribution in [0.4, 0.5) is 5.69 Å². The number of aromatic nitrogens is 1. The van der Waals surface area contributed by atoms with Crippen molar-refractivity contribution in [2.75, 3.05) is 0 Å². The molecule has 0 bridgehead atoms. The van der Waals surface area contributed by atoms with Gasteiger partial charge in [0.15, 0.2) is 0 Å². The van der Waals surface area contributed by atoms with Crippen molar-refractivity contribution in [2.24, 2.45) is 0 Å². The van der Waals surface area contributed by atoms with Gasteiger partial charge in [0.1, 0.15) is 5.49 Å². The van der Waals surface area contributed by atoms with E-state index in [1.807, 2.05) is 30.3 Å². The summed E-state index contributed by atoms with van der Waals surface area (Å²) in [6.45, 7) is 0.870. The molecule has 4 rings (SSSR count). The molecule has 2 heterocycles. The predicted molar refractivity (Wildman–Crippen MR) is 96.1 cm³/mol. The largest absolute Gasteiger partial charge is 0.330 e. The number of nitrogens with zero attached hydrogens (tertiary/aromatic N) is 2. The maximum Gasteiger partial charge on any atom is 0.269 e. The molecule has 0 saturated carbocycles. The van der Waals surface area contributed by atoms with E-state index in [2.05, 4.69) is 10.6 Å². The Bertz CT molecular complexity index is 1010. The van der Waals surface area contributed by atoms with E-state index in [9.17, 15) is 10.1 Å². The summed E-state index contributed by atoms with van der Waals surface area (Å²) in [5, 5.41) is 19.6. The van der Waals surface area contributed by atoms with Crippen LogP contribution < -0.4 is 5.49 Å². The number of hydrogen-bond donors (Lipinski definition) is 1. The SMILES string of the molecule is N=c1c(-c2ccccc2)c(-c2ccc([N+](=O)[O-])cc2)cc2n1CCC2. The number of fused-ring (bicyclic) bond motifs is 1. The highest BCUT2D eigenvalue weighted by atomic mass is 16.6. The first-order valence-corrected chi connectivity index (χ1v) is 8.27. The third kappa shape index (κ3) is 2.63. The van der Waals surface area contributed by atoms with Gasteiger partial charge in [0.05, 0.1) is 4.92 Å². The first-order chi connectivity index (χ1) is 12.1. The Kier molecular flexibility index (Phi) is 3.69. The summed E-state index contributed by atoms with van der Waals surface area (Å²) in [7, 11) is 0. The molecular formula is C20H17N3O2. The highest BCUT2D eigenvalue weighted by Crippen LogP contribution is 2.32. The summed E-state index contributed by atoms with van der Waals surface area (Å²) in [6, 6.07) is 18.6. The van der Waals surface area contributed by atoms with E-state index in [1.165, 1.54) is 12.1 Å². The molecule has 5 nitrogen and oxygen atoms in total. The highest BCUT2D eigenvalue weighted by Gasteiger charge is 2.19. The van der Waals surface area contributed by atoms with Gasteiger partial charge < -0.3 is 4.57 Å². The number of nitrogens with one attached hydrogen (secondary N) is 1. The third-order valence-corrected chi connectivity index (χ3v) is 4.70. The zero-order valence-electron chi connectivity index (χ0n) is 13.6. The van der Waals surface area contributed by atoms with Crippen LogP contribution in [0.5, 0.6) is 0 Å². The molecule has 0 amide bonds. The van der Waals surface area contributed by atoms with E-state index >= 15 is 0 Å². The van der Waals surface area contributed by atoms with Crippen molar-refractivity contribution in [3.63, 3.8) is 0 Å². The van der Waals surface area contributed by atoms with Crippen LogP contribution in [-0.2, 0) is 13.0 Å². The molecule has 5 heteroatoms. The Morgan fingerprint density at radius 3 is 2.40 bits per heavy atom. The minimum atomic E-state index is -0.393. The topological polar surface area (TPSA) is 71.9 Å². The lowest BCUT2D eigenvalue weighted by Gasteiger charge is -2.15. The fourth-order valence-electron chi connectivity index (χ4n) is 3.49. The van der Waals surface area contributed by atoms with Gasteiger partial charge in [-0.3, -0.25) is 15.5 Å². The molecule has 1 aromatic heterocycles. The average molecular weight is 331 g/mol. The minimum Gasteiger partial charge on any atom is -0.330 e. The average Bonchev–Trinajstić information content (AvgIpc) is 3.11. The molecule has 0 spiro atoms. The maximum atomic E-state index is 10.9. The molecule has 1 aliphatic rings. The van der Waals surface area contributed by atoms with Crippen LogP contribution in [0.3, 0.4) is 0 Å². The Hall–Kier alpha value is -3.21. The lowest BCUT2D eigenvalue weighted by molar-refractivity contribution is -0.384. The molecule has 0 fully saturated rings. The second-order valence-corrected chi connectivity index (χ2v) is 6.20. The summed E-state index contributed by atoms with van der Waals surface area (Å²) >= 11 is 0. The van der Waals surface area contributed by atoms with Gasteiger partial charge in [-0.25, -0.2) is 0 Å². The molecule has 0 aliphatic carbocycles. The summed E-state index contributed by atoms with van der Waals surface area (Å²) in [6.07, 6.45) is 2.00. The van der Waals surface area contributed by atoms with Crippen LogP contribution in [0.15, 0.2) is 60.7 Å². The van der Waals surface area contributed by atoms with Gasteiger partial charge in [0.25, 0.3) is 5.69 Å². The van der Waals surface area contributed by atoms with Gasteiger partial charge in [-0.15, -0.1) is 0 Å². The molecule has 0 unspecified atom stereocenters. The summed E-state index contributed by atoms with van der Waals surface area (Å²) in [4.78, 5) is 10.5. The van der Waals surface area contributed by atoms with E-state index in [0.29, 0.717) is 5.49 Å². The van der Waals surface area contributed by atoms with Crippen LogP contribution in [0.2, 0.25) is 0 Å². The summed E-state index contributed by atoms with van der Waals surface area (Å²) < 4.78 is 2.07. The number of benzene rings is 2. The Labute approximate surface area is 144 Å². The fourth-order valence-corrected chi connectivity index (χ4v) is 3.49. The quantitative estimate of drug-likeness (QED) is 0.578. The van der Waals surface area contributed by atoms with Crippen molar-refractivity contribution in [1.29, 1.82) is 5.41 Å². The van der Waals surface area contributed by atoms with Crippen molar-refractivity contribution < 1.29 is 4.92 Å². The smallest absolute Gasteiger partial charge is 0.269 e. The molecular weight excluding hydrogens is 314 g/mol. The number of nitro benzene ring substituents is 1. The van der Waals surface area contributed by atoms with Crippen LogP contribution in [0, 0.1) is 15.5 Å². The van der Waals surface area contributed by atoms with E-state index in [-0.39, 0.29) is 5.69 Å². The predicted octanol–water partition coefficient (Wildman–Crippen LogP) is 4.16. The first-order valence-electron chi connectivity index (χ1n) is 8.27. The van der Waals surface area contributed by atoms with Gasteiger partial charge in [-0.1, -0.05) is 30.3 Å². The number of non-ortho nitro benzene ring substituents is 1. The van der Waals surface area contributed by atoms with Gasteiger partial charge in [-0.05, 0) is 47.7 Å². The first kappa shape index (κ1) is 15.3. The van der Waals surface area contributed by atoms with E-state index in [1.54, 1.807) is 12.1 Å². The minimum absolute atomic E-state index is 0.0756. The van der Waals surface area contributed by atoms with Gasteiger partial charge >= 0.3 is 0 Å². The van der Waals surface area contributed by atoms with E-state index in [4.69, 9.17) is 5.41 Å². The Morgan fingerprint density at radius 1 is 1.00 bits per heavy atom. The van der Waals surface area contributed by atoms with Crippen molar-refractivity contribution in [2.45, 2.75) is 19.4 Å². The Morgan fingerprint density at radius 2 is 1.72 bits per heavy atom. The van der Waals surface area contributed by atoms with E-state index in [0.717, 1.165) is 47.3 Å². The number of hydrogen-bond acceptors (Lipinski definition) is 3. The molecule has 3 aromatic rings. The molecule has 0 saturated heterocycles. The standard InChI is InChI=1S/C20H17N3O2/c21-20-19(15-5-2-1-3-6-15)18(13-17-7-4-12-22(17)20)14-8-10-16(11-9-14)23(24)25/h1-3,5-6,8-11,13,21H,4,7,12H2. The van der Waals surface area contributed by atoms with Crippen molar-refractivity contribution in [1.82, 2.24) is 4.57 Å². The summed E-state index contributed by atoms with van der Waals surface area (Å²) in [5.41, 5.74) is 5.45. The Balaban J connectivity index is 1.97. The second kappa shape index (κ2) is 6.02. The van der Waals surface area contributed by atoms with Crippen molar-refractivity contribution in [3.05, 3.63) is 82.0 Å². The van der Waals surface area contributed by atoms with Crippen molar-refractivity contribution >= 4 is 5.69 Å². The molecule has 1 aliphatic heterocycles. The second-order valence-electron chi connectivity index (χ2n) is 6.20. The van der Waals surface area contributed by atoms with Crippen LogP contribution in [-0.4, -0.2) is 9.49 Å². The number of pyridine rings is 1. The molecule has 124 valence electrons. The lowest BCUT2D eigenvalue weighted by atomic mass is 9.94. The summed E-state index contributed by atoms with van der Waals surface area (Å²) in [5.74, 6) is 0. The molecule has 0 atom stereocenters.